The number of anilines is 1. The molecule has 1 saturated heterocycles. The zero-order valence-electron chi connectivity index (χ0n) is 8.93. The van der Waals surface area contributed by atoms with Gasteiger partial charge in [-0.1, -0.05) is 24.3 Å². The first-order valence-electron chi connectivity index (χ1n) is 5.54. The van der Waals surface area contributed by atoms with Gasteiger partial charge in [0.25, 0.3) is 0 Å². The summed E-state index contributed by atoms with van der Waals surface area (Å²) >= 11 is 0. The van der Waals surface area contributed by atoms with Crippen molar-refractivity contribution < 1.29 is 5.11 Å². The average molecular weight is 214 g/mol. The largest absolute Gasteiger partial charge is 0.506 e. The van der Waals surface area contributed by atoms with E-state index >= 15 is 0 Å². The van der Waals surface area contributed by atoms with Crippen LogP contribution in [0.2, 0.25) is 0 Å². The second-order valence-electron chi connectivity index (χ2n) is 4.14. The fourth-order valence-electron chi connectivity index (χ4n) is 2.28. The van der Waals surface area contributed by atoms with Crippen LogP contribution in [-0.4, -0.2) is 11.7 Å². The van der Waals surface area contributed by atoms with Crippen molar-refractivity contribution in [1.82, 2.24) is 5.43 Å². The minimum Gasteiger partial charge on any atom is -0.506 e. The van der Waals surface area contributed by atoms with Gasteiger partial charge in [-0.15, -0.1) is 0 Å². The lowest BCUT2D eigenvalue weighted by atomic mass is 9.98. The first-order valence-corrected chi connectivity index (χ1v) is 5.54. The minimum absolute atomic E-state index is 0.311. The number of phenolic OH excluding ortho intramolecular Hbond substituents is 1. The van der Waals surface area contributed by atoms with Crippen LogP contribution in [0.5, 0.6) is 5.75 Å². The van der Waals surface area contributed by atoms with Crippen molar-refractivity contribution in [3.05, 3.63) is 48.2 Å². The molecular formula is C13H14N2O. The van der Waals surface area contributed by atoms with Gasteiger partial charge < -0.3 is 5.11 Å². The molecule has 1 heterocycles. The third-order valence-electron chi connectivity index (χ3n) is 3.12. The number of hydrogen-bond donors (Lipinski definition) is 2. The van der Waals surface area contributed by atoms with Gasteiger partial charge in [0, 0.05) is 18.2 Å². The highest BCUT2D eigenvalue weighted by Crippen LogP contribution is 2.35. The lowest BCUT2D eigenvalue weighted by Gasteiger charge is -2.23. The highest BCUT2D eigenvalue weighted by atomic mass is 16.3. The molecule has 0 saturated carbocycles. The molecule has 0 bridgehead atoms. The Bertz CT molecular complexity index is 465. The number of nitrogens with one attached hydrogen (secondary N) is 1. The van der Waals surface area contributed by atoms with Crippen LogP contribution < -0.4 is 10.4 Å². The first-order chi connectivity index (χ1) is 7.86. The lowest BCUT2D eigenvalue weighted by molar-refractivity contribution is 0.474. The maximum atomic E-state index is 9.83. The summed E-state index contributed by atoms with van der Waals surface area (Å²) in [6.45, 7) is 0.935. The normalized spacial score (nSPS) is 23.1. The van der Waals surface area contributed by atoms with Gasteiger partial charge in [0.15, 0.2) is 0 Å². The van der Waals surface area contributed by atoms with Crippen molar-refractivity contribution in [3.63, 3.8) is 0 Å². The van der Waals surface area contributed by atoms with Gasteiger partial charge in [-0.25, -0.2) is 5.43 Å². The second kappa shape index (κ2) is 3.68. The number of nitrogens with zero attached hydrogens (tertiary/aromatic N) is 1. The van der Waals surface area contributed by atoms with Crippen LogP contribution in [0.1, 0.15) is 6.42 Å². The van der Waals surface area contributed by atoms with Crippen molar-refractivity contribution in [1.29, 1.82) is 0 Å². The van der Waals surface area contributed by atoms with E-state index in [1.807, 2.05) is 23.2 Å². The number of hydrogen-bond acceptors (Lipinski definition) is 3. The summed E-state index contributed by atoms with van der Waals surface area (Å²) in [6.07, 6.45) is 7.44. The van der Waals surface area contributed by atoms with E-state index in [-0.39, 0.29) is 0 Å². The summed E-state index contributed by atoms with van der Waals surface area (Å²) in [5.74, 6) is 0.843. The topological polar surface area (TPSA) is 35.5 Å². The molecule has 2 aliphatic rings. The first kappa shape index (κ1) is 9.48. The van der Waals surface area contributed by atoms with Gasteiger partial charge in [-0.05, 0) is 24.6 Å². The van der Waals surface area contributed by atoms with Crippen molar-refractivity contribution in [2.75, 3.05) is 11.6 Å². The molecule has 3 heteroatoms. The molecule has 0 aromatic heterocycles. The van der Waals surface area contributed by atoms with E-state index in [0.29, 0.717) is 11.7 Å². The van der Waals surface area contributed by atoms with Crippen LogP contribution in [0.25, 0.3) is 0 Å². The van der Waals surface area contributed by atoms with E-state index < -0.39 is 0 Å². The van der Waals surface area contributed by atoms with Gasteiger partial charge >= 0.3 is 0 Å². The molecule has 1 fully saturated rings. The van der Waals surface area contributed by atoms with Crippen molar-refractivity contribution in [2.45, 2.75) is 6.42 Å². The Morgan fingerprint density at radius 3 is 3.06 bits per heavy atom. The summed E-state index contributed by atoms with van der Waals surface area (Å²) in [6, 6.07) is 7.40. The van der Waals surface area contributed by atoms with E-state index in [0.717, 1.165) is 18.7 Å². The van der Waals surface area contributed by atoms with Crippen LogP contribution in [0.15, 0.2) is 48.2 Å². The van der Waals surface area contributed by atoms with E-state index in [9.17, 15) is 5.11 Å². The molecule has 1 aliphatic carbocycles. The summed E-state index contributed by atoms with van der Waals surface area (Å²) in [5.41, 5.74) is 5.39. The second-order valence-corrected chi connectivity index (χ2v) is 4.14. The molecule has 16 heavy (non-hydrogen) atoms. The number of aromatic hydroxyl groups is 1. The Morgan fingerprint density at radius 1 is 1.31 bits per heavy atom. The molecular weight excluding hydrogens is 200 g/mol. The molecule has 0 radical (unpaired) electrons. The molecule has 1 unspecified atom stereocenters. The Morgan fingerprint density at radius 2 is 2.19 bits per heavy atom. The van der Waals surface area contributed by atoms with E-state index in [2.05, 4.69) is 23.7 Å². The Balaban J connectivity index is 1.99. The number of benzene rings is 1. The summed E-state index contributed by atoms with van der Waals surface area (Å²) in [7, 11) is 0. The maximum absolute atomic E-state index is 9.83. The Hall–Kier alpha value is -1.74. The van der Waals surface area contributed by atoms with Crippen molar-refractivity contribution in [2.24, 2.45) is 5.92 Å². The van der Waals surface area contributed by atoms with Crippen LogP contribution in [0, 0.1) is 5.92 Å². The average Bonchev–Trinajstić information content (AvgIpc) is 2.74. The summed E-state index contributed by atoms with van der Waals surface area (Å²) in [4.78, 5) is 0. The van der Waals surface area contributed by atoms with Gasteiger partial charge in [-0.2, -0.15) is 0 Å². The zero-order valence-corrected chi connectivity index (χ0v) is 8.93. The number of phenols is 1. The Labute approximate surface area is 94.7 Å². The molecule has 1 atom stereocenters. The van der Waals surface area contributed by atoms with E-state index in [4.69, 9.17) is 0 Å². The maximum Gasteiger partial charge on any atom is 0.140 e. The molecule has 1 aromatic carbocycles. The van der Waals surface area contributed by atoms with E-state index in [1.165, 1.54) is 5.70 Å². The Kier molecular flexibility index (Phi) is 2.18. The number of fused-ring (bicyclic) bond motifs is 1. The predicted octanol–water partition coefficient (Wildman–Crippen LogP) is 2.18. The lowest BCUT2D eigenvalue weighted by Crippen LogP contribution is -2.29. The number of hydrazine groups is 1. The summed E-state index contributed by atoms with van der Waals surface area (Å²) in [5, 5.41) is 11.8. The van der Waals surface area contributed by atoms with Crippen LogP contribution in [0.3, 0.4) is 0 Å². The van der Waals surface area contributed by atoms with Crippen LogP contribution in [-0.2, 0) is 0 Å². The monoisotopic (exact) mass is 214 g/mol. The minimum atomic E-state index is 0.311. The van der Waals surface area contributed by atoms with Gasteiger partial charge in [0.1, 0.15) is 5.75 Å². The van der Waals surface area contributed by atoms with E-state index in [1.54, 1.807) is 6.07 Å². The third-order valence-corrected chi connectivity index (χ3v) is 3.12. The molecule has 3 nitrogen and oxygen atoms in total. The van der Waals surface area contributed by atoms with Gasteiger partial charge in [0.05, 0.1) is 5.69 Å². The number of para-hydroxylation sites is 2. The van der Waals surface area contributed by atoms with Crippen molar-refractivity contribution >= 4 is 5.69 Å². The number of allylic oxidation sites excluding steroid dienone is 3. The molecule has 1 aliphatic heterocycles. The van der Waals surface area contributed by atoms with Crippen molar-refractivity contribution in [3.8, 4) is 5.75 Å². The molecule has 1 aromatic rings. The third kappa shape index (κ3) is 1.41. The highest BCUT2D eigenvalue weighted by molar-refractivity contribution is 5.62. The van der Waals surface area contributed by atoms with Crippen LogP contribution in [0.4, 0.5) is 5.69 Å². The molecule has 3 rings (SSSR count). The quantitative estimate of drug-likeness (QED) is 0.752. The molecule has 82 valence electrons. The molecule has 0 amide bonds. The predicted molar refractivity (Wildman–Crippen MR) is 63.9 cm³/mol. The SMILES string of the molecule is Oc1ccccc1N1NCC2CC=CC=C21. The highest BCUT2D eigenvalue weighted by Gasteiger charge is 2.29. The summed E-state index contributed by atoms with van der Waals surface area (Å²) < 4.78 is 0. The molecule has 2 N–H and O–H groups in total. The zero-order chi connectivity index (χ0) is 11.0. The van der Waals surface area contributed by atoms with Crippen LogP contribution >= 0.6 is 0 Å². The smallest absolute Gasteiger partial charge is 0.140 e. The van der Waals surface area contributed by atoms with Gasteiger partial charge in [-0.3, -0.25) is 5.01 Å². The molecule has 0 spiro atoms. The fourth-order valence-corrected chi connectivity index (χ4v) is 2.28. The standard InChI is InChI=1S/C13H14N2O/c16-13-8-4-3-7-12(13)15-11-6-2-1-5-10(11)9-14-15/h1-4,6-8,10,14,16H,5,9H2. The number of rotatable bonds is 1. The fraction of sp³-hybridized carbons (Fsp3) is 0.231. The van der Waals surface area contributed by atoms with Gasteiger partial charge in [0.2, 0.25) is 0 Å².